The van der Waals surface area contributed by atoms with Crippen LogP contribution < -0.4 is 0 Å². The van der Waals surface area contributed by atoms with Crippen molar-refractivity contribution in [1.29, 1.82) is 0 Å². The molecule has 2 aromatic carbocycles. The second-order valence-corrected chi connectivity index (χ2v) is 14.4. The van der Waals surface area contributed by atoms with Gasteiger partial charge in [0.2, 0.25) is 5.91 Å². The Morgan fingerprint density at radius 1 is 1.05 bits per heavy atom. The summed E-state index contributed by atoms with van der Waals surface area (Å²) in [7, 11) is -3.53. The molecule has 1 heterocycles. The first-order valence-corrected chi connectivity index (χ1v) is 14.9. The van der Waals surface area contributed by atoms with E-state index in [9.17, 15) is 23.1 Å². The van der Waals surface area contributed by atoms with E-state index in [0.717, 1.165) is 11.1 Å². The van der Waals surface area contributed by atoms with Crippen LogP contribution in [0.25, 0.3) is 0 Å². The van der Waals surface area contributed by atoms with E-state index >= 15 is 0 Å². The van der Waals surface area contributed by atoms with Crippen molar-refractivity contribution in [3.63, 3.8) is 0 Å². The van der Waals surface area contributed by atoms with Crippen LogP contribution in [0.1, 0.15) is 70.5 Å². The molecule has 1 N–H and O–H groups in total. The second-order valence-electron chi connectivity index (χ2n) is 10.9. The number of carbonyl (C=O) groups excluding carboxylic acids is 1. The van der Waals surface area contributed by atoms with Gasteiger partial charge in [0.05, 0.1) is 28.9 Å². The molecule has 3 rings (SSSR count). The van der Waals surface area contributed by atoms with E-state index < -0.39 is 38.6 Å². The van der Waals surface area contributed by atoms with Gasteiger partial charge in [-0.15, -0.1) is 0 Å². The molecule has 4 atom stereocenters. The molecule has 0 radical (unpaired) electrons. The summed E-state index contributed by atoms with van der Waals surface area (Å²) in [6.45, 7) is 8.71. The van der Waals surface area contributed by atoms with Crippen molar-refractivity contribution in [1.82, 2.24) is 4.90 Å². The third-order valence-corrected chi connectivity index (χ3v) is 10.1. The average Bonchev–Trinajstić information content (AvgIpc) is 2.79. The fourth-order valence-corrected chi connectivity index (χ4v) is 7.00. The molecule has 6 nitrogen and oxygen atoms in total. The van der Waals surface area contributed by atoms with Crippen molar-refractivity contribution in [2.75, 3.05) is 5.75 Å². The highest BCUT2D eigenvalue weighted by Crippen LogP contribution is 2.52. The summed E-state index contributed by atoms with van der Waals surface area (Å²) in [5.74, 6) is -2.19. The number of hydrogen-bond donors (Lipinski definition) is 1. The number of nitrogens with zero attached hydrogens (tertiary/aromatic N) is 1. The number of likely N-dealkylation sites (tertiary alicyclic amines) is 1. The molecule has 9 heteroatoms. The molecule has 2 aromatic rings. The van der Waals surface area contributed by atoms with Gasteiger partial charge in [0, 0.05) is 22.0 Å². The number of carboxylic acid groups (broad SMARTS) is 1. The Morgan fingerprint density at radius 3 is 2.19 bits per heavy atom. The number of aliphatic carboxylic acids is 1. The molecule has 1 fully saturated rings. The highest BCUT2D eigenvalue weighted by Gasteiger charge is 2.53. The summed E-state index contributed by atoms with van der Waals surface area (Å²) in [5, 5.41) is 10.2. The molecule has 37 heavy (non-hydrogen) atoms. The molecule has 0 saturated carbocycles. The molecule has 1 aliphatic heterocycles. The minimum atomic E-state index is -3.53. The lowest BCUT2D eigenvalue weighted by molar-refractivity contribution is -0.161. The Balaban J connectivity index is 2.30. The number of rotatable bonds is 9. The molecule has 0 spiro atoms. The molecular formula is C28H35Cl2NO5S. The molecular weight excluding hydrogens is 533 g/mol. The van der Waals surface area contributed by atoms with Crippen molar-refractivity contribution in [2.24, 2.45) is 11.3 Å². The Bertz CT molecular complexity index is 1250. The van der Waals surface area contributed by atoms with E-state index in [4.69, 9.17) is 23.2 Å². The van der Waals surface area contributed by atoms with Gasteiger partial charge in [-0.3, -0.25) is 9.59 Å². The minimum absolute atomic E-state index is 0.209. The van der Waals surface area contributed by atoms with Crippen LogP contribution in [-0.4, -0.2) is 47.3 Å². The fraction of sp³-hybridized carbons (Fsp3) is 0.500. The van der Waals surface area contributed by atoms with E-state index in [1.807, 2.05) is 44.2 Å². The number of hydrogen-bond acceptors (Lipinski definition) is 4. The molecule has 0 aliphatic carbocycles. The van der Waals surface area contributed by atoms with Crippen molar-refractivity contribution in [3.8, 4) is 0 Å². The van der Waals surface area contributed by atoms with Crippen LogP contribution in [0.15, 0.2) is 48.5 Å². The topological polar surface area (TPSA) is 91.8 Å². The van der Waals surface area contributed by atoms with Crippen molar-refractivity contribution < 1.29 is 23.1 Å². The van der Waals surface area contributed by atoms with Gasteiger partial charge in [-0.05, 0) is 61.6 Å². The quantitative estimate of drug-likeness (QED) is 0.379. The van der Waals surface area contributed by atoms with Crippen LogP contribution in [0.3, 0.4) is 0 Å². The normalized spacial score (nSPS) is 23.5. The van der Waals surface area contributed by atoms with Gasteiger partial charge in [0.15, 0.2) is 9.84 Å². The van der Waals surface area contributed by atoms with Crippen LogP contribution >= 0.6 is 23.2 Å². The minimum Gasteiger partial charge on any atom is -0.481 e. The maximum atomic E-state index is 14.3. The number of carbonyl (C=O) groups is 2. The molecule has 1 saturated heterocycles. The number of benzene rings is 2. The number of halogens is 2. The standard InChI is InChI=1S/C28H35Cl2NO5S/c1-17(2)24(16-37(35,36)18(3)4)31-26(19-9-11-21(29)12-10-19)23(20-7-6-8-22(30)13-20)14-28(5,27(31)34)15-25(32)33/h6-13,17-18,23-24,26H,14-16H2,1-5H3,(H,32,33)/t23-,24?,26?,28?/m1/s1. The monoisotopic (exact) mass is 567 g/mol. The van der Waals surface area contributed by atoms with Gasteiger partial charge in [-0.2, -0.15) is 0 Å². The SMILES string of the molecule is CC(C)C(CS(=O)(=O)C(C)C)N1C(=O)C(C)(CC(=O)O)C[C@H](c2cccc(Cl)c2)C1c1ccc(Cl)cc1. The lowest BCUT2D eigenvalue weighted by atomic mass is 9.66. The lowest BCUT2D eigenvalue weighted by Crippen LogP contribution is -2.59. The first-order valence-electron chi connectivity index (χ1n) is 12.4. The van der Waals surface area contributed by atoms with Gasteiger partial charge in [-0.25, -0.2) is 8.42 Å². The average molecular weight is 569 g/mol. The van der Waals surface area contributed by atoms with E-state index in [-0.39, 0.29) is 36.3 Å². The van der Waals surface area contributed by atoms with Crippen molar-refractivity contribution >= 4 is 44.9 Å². The van der Waals surface area contributed by atoms with Crippen LogP contribution in [-0.2, 0) is 19.4 Å². The Kier molecular flexibility index (Phi) is 9.03. The third-order valence-electron chi connectivity index (χ3n) is 7.38. The van der Waals surface area contributed by atoms with Gasteiger partial charge in [0.25, 0.3) is 0 Å². The van der Waals surface area contributed by atoms with Crippen molar-refractivity contribution in [2.45, 2.75) is 70.7 Å². The Labute approximate surface area is 229 Å². The van der Waals surface area contributed by atoms with Gasteiger partial charge >= 0.3 is 5.97 Å². The van der Waals surface area contributed by atoms with Gasteiger partial charge in [0.1, 0.15) is 0 Å². The summed E-state index contributed by atoms with van der Waals surface area (Å²) in [6, 6.07) is 13.3. The third kappa shape index (κ3) is 6.50. The molecule has 3 unspecified atom stereocenters. The van der Waals surface area contributed by atoms with Gasteiger partial charge in [-0.1, -0.05) is 68.2 Å². The maximum Gasteiger partial charge on any atom is 0.304 e. The maximum absolute atomic E-state index is 14.3. The lowest BCUT2D eigenvalue weighted by Gasteiger charge is -2.52. The van der Waals surface area contributed by atoms with Crippen molar-refractivity contribution in [3.05, 3.63) is 69.7 Å². The molecule has 0 bridgehead atoms. The molecule has 1 aliphatic rings. The van der Waals surface area contributed by atoms with Crippen LogP contribution in [0.4, 0.5) is 0 Å². The first kappa shape index (κ1) is 29.5. The predicted molar refractivity (Wildman–Crippen MR) is 148 cm³/mol. The van der Waals surface area contributed by atoms with E-state index in [1.165, 1.54) is 0 Å². The molecule has 0 aromatic heterocycles. The largest absolute Gasteiger partial charge is 0.481 e. The Hall–Kier alpha value is -2.09. The summed E-state index contributed by atoms with van der Waals surface area (Å²) < 4.78 is 26.3. The summed E-state index contributed by atoms with van der Waals surface area (Å²) >= 11 is 12.5. The molecule has 1 amide bonds. The van der Waals surface area contributed by atoms with Crippen LogP contribution in [0.5, 0.6) is 0 Å². The fourth-order valence-electron chi connectivity index (χ4n) is 5.27. The smallest absolute Gasteiger partial charge is 0.304 e. The zero-order valence-corrected chi connectivity index (χ0v) is 24.1. The summed E-state index contributed by atoms with van der Waals surface area (Å²) in [4.78, 5) is 27.9. The highest BCUT2D eigenvalue weighted by molar-refractivity contribution is 7.92. The number of amides is 1. The zero-order chi connectivity index (χ0) is 27.7. The predicted octanol–water partition coefficient (Wildman–Crippen LogP) is 6.38. The Morgan fingerprint density at radius 2 is 1.68 bits per heavy atom. The van der Waals surface area contributed by atoms with Crippen LogP contribution in [0.2, 0.25) is 10.0 Å². The number of sulfone groups is 1. The second kappa shape index (κ2) is 11.3. The number of carboxylic acids is 1. The van der Waals surface area contributed by atoms with E-state index in [2.05, 4.69) is 0 Å². The zero-order valence-electron chi connectivity index (χ0n) is 21.8. The summed E-state index contributed by atoms with van der Waals surface area (Å²) in [6.07, 6.45) is -0.0987. The van der Waals surface area contributed by atoms with Crippen LogP contribution in [0, 0.1) is 11.3 Å². The van der Waals surface area contributed by atoms with Gasteiger partial charge < -0.3 is 10.0 Å². The summed E-state index contributed by atoms with van der Waals surface area (Å²) in [5.41, 5.74) is 0.416. The first-order chi connectivity index (χ1) is 17.2. The van der Waals surface area contributed by atoms with E-state index in [0.29, 0.717) is 10.0 Å². The molecule has 202 valence electrons. The van der Waals surface area contributed by atoms with E-state index in [1.54, 1.807) is 43.9 Å². The highest BCUT2D eigenvalue weighted by atomic mass is 35.5. The number of piperidine rings is 1.